The highest BCUT2D eigenvalue weighted by molar-refractivity contribution is 7.89. The summed E-state index contributed by atoms with van der Waals surface area (Å²) in [5.74, 6) is -0.404. The van der Waals surface area contributed by atoms with Gasteiger partial charge in [0.2, 0.25) is 15.9 Å². The number of hydrogen-bond donors (Lipinski definition) is 2. The SMILES string of the molecule is CN(C)C(=O)C1CCCN1S(=O)(=O)c1ccc(O)c(N)c1. The van der Waals surface area contributed by atoms with Crippen LogP contribution < -0.4 is 5.73 Å². The highest BCUT2D eigenvalue weighted by atomic mass is 32.2. The Labute approximate surface area is 124 Å². The molecule has 8 heteroatoms. The summed E-state index contributed by atoms with van der Waals surface area (Å²) in [7, 11) is -0.609. The number of likely N-dealkylation sites (N-methyl/N-ethyl adjacent to an activating group) is 1. The number of sulfonamides is 1. The molecule has 1 fully saturated rings. The molecule has 0 bridgehead atoms. The fourth-order valence-corrected chi connectivity index (χ4v) is 4.09. The van der Waals surface area contributed by atoms with Crippen LogP contribution in [0.2, 0.25) is 0 Å². The summed E-state index contributed by atoms with van der Waals surface area (Å²) in [4.78, 5) is 13.5. The van der Waals surface area contributed by atoms with Gasteiger partial charge in [-0.2, -0.15) is 4.31 Å². The minimum absolute atomic E-state index is 0.00856. The van der Waals surface area contributed by atoms with Crippen LogP contribution in [0.15, 0.2) is 23.1 Å². The second kappa shape index (κ2) is 5.53. The van der Waals surface area contributed by atoms with Crippen molar-refractivity contribution in [2.75, 3.05) is 26.4 Å². The van der Waals surface area contributed by atoms with Crippen molar-refractivity contribution in [3.8, 4) is 5.75 Å². The van der Waals surface area contributed by atoms with Crippen molar-refractivity contribution in [2.45, 2.75) is 23.8 Å². The normalized spacial score (nSPS) is 19.6. The van der Waals surface area contributed by atoms with Gasteiger partial charge in [-0.25, -0.2) is 8.42 Å². The molecule has 0 aromatic heterocycles. The Bertz CT molecular complexity index is 657. The Kier molecular flexibility index (Phi) is 4.11. The highest BCUT2D eigenvalue weighted by Gasteiger charge is 2.40. The van der Waals surface area contributed by atoms with Crippen molar-refractivity contribution in [2.24, 2.45) is 0 Å². The van der Waals surface area contributed by atoms with E-state index in [-0.39, 0.29) is 22.2 Å². The number of carbonyl (C=O) groups excluding carboxylic acids is 1. The summed E-state index contributed by atoms with van der Waals surface area (Å²) in [5.41, 5.74) is 5.54. The van der Waals surface area contributed by atoms with Crippen molar-refractivity contribution in [3.63, 3.8) is 0 Å². The third-order valence-corrected chi connectivity index (χ3v) is 5.44. The van der Waals surface area contributed by atoms with Gasteiger partial charge in [0.25, 0.3) is 0 Å². The Hall–Kier alpha value is -1.80. The molecule has 0 saturated carbocycles. The lowest BCUT2D eigenvalue weighted by Crippen LogP contribution is -2.45. The van der Waals surface area contributed by atoms with Gasteiger partial charge in [0.05, 0.1) is 10.6 Å². The molecule has 1 amide bonds. The molecule has 0 spiro atoms. The van der Waals surface area contributed by atoms with Gasteiger partial charge in [0.15, 0.2) is 0 Å². The molecule has 0 aliphatic carbocycles. The van der Waals surface area contributed by atoms with Crippen LogP contribution in [0.3, 0.4) is 0 Å². The zero-order chi connectivity index (χ0) is 15.8. The van der Waals surface area contributed by atoms with Gasteiger partial charge in [-0.05, 0) is 31.0 Å². The predicted octanol–water partition coefficient (Wildman–Crippen LogP) is 0.216. The molecule has 2 rings (SSSR count). The minimum atomic E-state index is -3.81. The summed E-state index contributed by atoms with van der Waals surface area (Å²) < 4.78 is 26.5. The molecule has 7 nitrogen and oxygen atoms in total. The molecule has 116 valence electrons. The second-order valence-corrected chi connectivity index (χ2v) is 7.12. The molecule has 1 atom stereocenters. The first-order valence-electron chi connectivity index (χ1n) is 6.56. The number of amides is 1. The largest absolute Gasteiger partial charge is 0.506 e. The van der Waals surface area contributed by atoms with Gasteiger partial charge in [-0.1, -0.05) is 0 Å². The molecule has 3 N–H and O–H groups in total. The molecular formula is C13H19N3O4S. The maximum Gasteiger partial charge on any atom is 0.243 e. The van der Waals surface area contributed by atoms with Crippen LogP contribution in [0, 0.1) is 0 Å². The lowest BCUT2D eigenvalue weighted by atomic mass is 10.2. The molecule has 1 aliphatic heterocycles. The molecule has 1 heterocycles. The van der Waals surface area contributed by atoms with E-state index in [1.807, 2.05) is 0 Å². The van der Waals surface area contributed by atoms with Gasteiger partial charge in [0.1, 0.15) is 11.8 Å². The predicted molar refractivity (Wildman–Crippen MR) is 78.1 cm³/mol. The molecule has 1 unspecified atom stereocenters. The Morgan fingerprint density at radius 1 is 1.43 bits per heavy atom. The number of hydrogen-bond acceptors (Lipinski definition) is 5. The molecule has 1 aromatic carbocycles. The number of anilines is 1. The lowest BCUT2D eigenvalue weighted by Gasteiger charge is -2.25. The van der Waals surface area contributed by atoms with Crippen LogP contribution in [-0.4, -0.2) is 55.3 Å². The van der Waals surface area contributed by atoms with Gasteiger partial charge in [0, 0.05) is 20.6 Å². The molecule has 21 heavy (non-hydrogen) atoms. The topological polar surface area (TPSA) is 104 Å². The van der Waals surface area contributed by atoms with E-state index >= 15 is 0 Å². The standard InChI is InChI=1S/C13H19N3O4S/c1-15(2)13(18)11-4-3-7-16(11)21(19,20)9-5-6-12(17)10(14)8-9/h5-6,8,11,17H,3-4,7,14H2,1-2H3. The van der Waals surface area contributed by atoms with Crippen molar-refractivity contribution in [1.82, 2.24) is 9.21 Å². The second-order valence-electron chi connectivity index (χ2n) is 5.23. The first-order valence-corrected chi connectivity index (χ1v) is 8.00. The van der Waals surface area contributed by atoms with E-state index in [4.69, 9.17) is 5.73 Å². The quantitative estimate of drug-likeness (QED) is 0.613. The number of nitrogens with two attached hydrogens (primary N) is 1. The van der Waals surface area contributed by atoms with Gasteiger partial charge >= 0.3 is 0 Å². The monoisotopic (exact) mass is 313 g/mol. The van der Waals surface area contributed by atoms with E-state index < -0.39 is 16.1 Å². The van der Waals surface area contributed by atoms with E-state index in [1.165, 1.54) is 27.4 Å². The van der Waals surface area contributed by atoms with Crippen LogP contribution in [0.25, 0.3) is 0 Å². The number of carbonyl (C=O) groups is 1. The van der Waals surface area contributed by atoms with E-state index in [0.717, 1.165) is 0 Å². The summed E-state index contributed by atoms with van der Waals surface area (Å²) in [6.07, 6.45) is 1.14. The zero-order valence-electron chi connectivity index (χ0n) is 12.0. The fourth-order valence-electron chi connectivity index (χ4n) is 2.40. The zero-order valence-corrected chi connectivity index (χ0v) is 12.8. The maximum absolute atomic E-state index is 12.7. The maximum atomic E-state index is 12.7. The first-order chi connectivity index (χ1) is 9.75. The number of nitrogen functional groups attached to an aromatic ring is 1. The third-order valence-electron chi connectivity index (χ3n) is 3.54. The Balaban J connectivity index is 2.38. The fraction of sp³-hybridized carbons (Fsp3) is 0.462. The first kappa shape index (κ1) is 15.6. The van der Waals surface area contributed by atoms with Crippen molar-refractivity contribution in [3.05, 3.63) is 18.2 Å². The Morgan fingerprint density at radius 2 is 2.10 bits per heavy atom. The summed E-state index contributed by atoms with van der Waals surface area (Å²) >= 11 is 0. The van der Waals surface area contributed by atoms with Crippen molar-refractivity contribution in [1.29, 1.82) is 0 Å². The van der Waals surface area contributed by atoms with E-state index in [9.17, 15) is 18.3 Å². The molecular weight excluding hydrogens is 294 g/mol. The number of nitrogens with zero attached hydrogens (tertiary/aromatic N) is 2. The number of benzene rings is 1. The molecule has 0 radical (unpaired) electrons. The molecule has 1 aromatic rings. The number of phenolic OH excluding ortho intramolecular Hbond substituents is 1. The van der Waals surface area contributed by atoms with Crippen molar-refractivity contribution < 1.29 is 18.3 Å². The lowest BCUT2D eigenvalue weighted by molar-refractivity contribution is -0.132. The summed E-state index contributed by atoms with van der Waals surface area (Å²) in [5, 5.41) is 9.39. The van der Waals surface area contributed by atoms with E-state index in [0.29, 0.717) is 19.4 Å². The van der Waals surface area contributed by atoms with Crippen LogP contribution in [0.5, 0.6) is 5.75 Å². The smallest absolute Gasteiger partial charge is 0.243 e. The van der Waals surface area contributed by atoms with Crippen molar-refractivity contribution >= 4 is 21.6 Å². The van der Waals surface area contributed by atoms with Gasteiger partial charge < -0.3 is 15.7 Å². The van der Waals surface area contributed by atoms with Crippen LogP contribution in [-0.2, 0) is 14.8 Å². The average Bonchev–Trinajstić information content (AvgIpc) is 2.90. The van der Waals surface area contributed by atoms with Crippen LogP contribution in [0.1, 0.15) is 12.8 Å². The summed E-state index contributed by atoms with van der Waals surface area (Å²) in [6.45, 7) is 0.299. The Morgan fingerprint density at radius 3 is 2.67 bits per heavy atom. The van der Waals surface area contributed by atoms with Gasteiger partial charge in [-0.3, -0.25) is 4.79 Å². The molecule has 1 aliphatic rings. The number of phenols is 1. The average molecular weight is 313 g/mol. The number of aromatic hydroxyl groups is 1. The van der Waals surface area contributed by atoms with Crippen LogP contribution in [0.4, 0.5) is 5.69 Å². The number of rotatable bonds is 3. The third kappa shape index (κ3) is 2.81. The van der Waals surface area contributed by atoms with E-state index in [1.54, 1.807) is 14.1 Å². The van der Waals surface area contributed by atoms with Crippen LogP contribution >= 0.6 is 0 Å². The highest BCUT2D eigenvalue weighted by Crippen LogP contribution is 2.30. The molecule has 1 saturated heterocycles. The summed E-state index contributed by atoms with van der Waals surface area (Å²) in [6, 6.07) is 3.05. The van der Waals surface area contributed by atoms with E-state index in [2.05, 4.69) is 0 Å². The minimum Gasteiger partial charge on any atom is -0.506 e. The van der Waals surface area contributed by atoms with Gasteiger partial charge in [-0.15, -0.1) is 0 Å².